The van der Waals surface area contributed by atoms with Gasteiger partial charge in [0, 0.05) is 38.3 Å². The van der Waals surface area contributed by atoms with Crippen molar-refractivity contribution in [3.63, 3.8) is 0 Å². The summed E-state index contributed by atoms with van der Waals surface area (Å²) < 4.78 is 11.3. The van der Waals surface area contributed by atoms with E-state index in [4.69, 9.17) is 9.47 Å². The Bertz CT molecular complexity index is 452. The molecule has 0 atom stereocenters. The number of carbonyl (C=O) groups excluding carboxylic acids is 1. The van der Waals surface area contributed by atoms with Crippen molar-refractivity contribution in [1.82, 2.24) is 4.90 Å². The fourth-order valence-corrected chi connectivity index (χ4v) is 2.79. The van der Waals surface area contributed by atoms with Gasteiger partial charge in [0.1, 0.15) is 0 Å². The smallest absolute Gasteiger partial charge is 0.322 e. The number of ether oxygens (including phenoxy) is 2. The lowest BCUT2D eigenvalue weighted by Crippen LogP contribution is -2.56. The highest BCUT2D eigenvalue weighted by atomic mass is 16.5. The largest absolute Gasteiger partial charge is 0.381 e. The monoisotopic (exact) mass is 276 g/mol. The fourth-order valence-electron chi connectivity index (χ4n) is 2.79. The molecule has 2 amide bonds. The lowest BCUT2D eigenvalue weighted by Gasteiger charge is -2.44. The van der Waals surface area contributed by atoms with Gasteiger partial charge in [-0.25, -0.2) is 4.79 Å². The number of urea groups is 1. The minimum atomic E-state index is -0.204. The standard InChI is InChI=1S/C15H20N2O3/c18-14(16-13-4-2-1-3-5-13)17-8-11-20-15(12-17)6-9-19-10-7-15/h1-5H,6-12H2,(H,16,18). The van der Waals surface area contributed by atoms with Crippen LogP contribution in [0.4, 0.5) is 10.5 Å². The Kier molecular flexibility index (Phi) is 3.89. The van der Waals surface area contributed by atoms with E-state index in [0.717, 1.165) is 18.5 Å². The predicted octanol–water partition coefficient (Wildman–Crippen LogP) is 2.10. The van der Waals surface area contributed by atoms with Crippen molar-refractivity contribution in [2.75, 3.05) is 38.2 Å². The average Bonchev–Trinajstić information content (AvgIpc) is 2.49. The Morgan fingerprint density at radius 1 is 1.15 bits per heavy atom. The number of anilines is 1. The van der Waals surface area contributed by atoms with E-state index in [0.29, 0.717) is 32.9 Å². The number of carbonyl (C=O) groups is 1. The highest BCUT2D eigenvalue weighted by molar-refractivity contribution is 5.89. The summed E-state index contributed by atoms with van der Waals surface area (Å²) in [5.41, 5.74) is 0.620. The summed E-state index contributed by atoms with van der Waals surface area (Å²) >= 11 is 0. The van der Waals surface area contributed by atoms with Crippen LogP contribution in [0.2, 0.25) is 0 Å². The quantitative estimate of drug-likeness (QED) is 0.854. The zero-order valence-corrected chi connectivity index (χ0v) is 11.5. The summed E-state index contributed by atoms with van der Waals surface area (Å²) in [6.45, 7) is 3.32. The molecule has 1 aromatic carbocycles. The number of amides is 2. The van der Waals surface area contributed by atoms with E-state index < -0.39 is 0 Å². The topological polar surface area (TPSA) is 50.8 Å². The highest BCUT2D eigenvalue weighted by Gasteiger charge is 2.39. The zero-order chi connectivity index (χ0) is 13.8. The summed E-state index contributed by atoms with van der Waals surface area (Å²) in [5, 5.41) is 2.93. The summed E-state index contributed by atoms with van der Waals surface area (Å²) in [4.78, 5) is 14.2. The van der Waals surface area contributed by atoms with Gasteiger partial charge in [-0.1, -0.05) is 18.2 Å². The van der Waals surface area contributed by atoms with Gasteiger partial charge in [0.15, 0.2) is 0 Å². The highest BCUT2D eigenvalue weighted by Crippen LogP contribution is 2.29. The number of benzene rings is 1. The Balaban J connectivity index is 1.63. The van der Waals surface area contributed by atoms with E-state index in [1.807, 2.05) is 35.2 Å². The van der Waals surface area contributed by atoms with Gasteiger partial charge in [-0.3, -0.25) is 0 Å². The first kappa shape index (κ1) is 13.4. The van der Waals surface area contributed by atoms with Gasteiger partial charge in [0.05, 0.1) is 18.8 Å². The van der Waals surface area contributed by atoms with Crippen LogP contribution in [0.25, 0.3) is 0 Å². The van der Waals surface area contributed by atoms with Gasteiger partial charge < -0.3 is 19.7 Å². The SMILES string of the molecule is O=C(Nc1ccccc1)N1CCOC2(CCOCC2)C1. The molecule has 2 fully saturated rings. The molecule has 0 bridgehead atoms. The molecule has 5 heteroatoms. The molecule has 2 heterocycles. The lowest BCUT2D eigenvalue weighted by molar-refractivity contribution is -0.144. The van der Waals surface area contributed by atoms with Crippen LogP contribution in [0.1, 0.15) is 12.8 Å². The molecule has 108 valence electrons. The molecule has 1 aromatic rings. The van der Waals surface area contributed by atoms with Gasteiger partial charge in [0.2, 0.25) is 0 Å². The molecule has 1 spiro atoms. The molecule has 20 heavy (non-hydrogen) atoms. The maximum Gasteiger partial charge on any atom is 0.322 e. The molecule has 3 rings (SSSR count). The molecule has 2 aliphatic heterocycles. The Morgan fingerprint density at radius 2 is 1.90 bits per heavy atom. The third-order valence-corrected chi connectivity index (χ3v) is 3.96. The normalized spacial score (nSPS) is 21.7. The molecule has 0 radical (unpaired) electrons. The van der Waals surface area contributed by atoms with Crippen LogP contribution in [0.5, 0.6) is 0 Å². The second-order valence-electron chi connectivity index (χ2n) is 5.36. The molecule has 0 saturated carbocycles. The van der Waals surface area contributed by atoms with Gasteiger partial charge in [0.25, 0.3) is 0 Å². The minimum absolute atomic E-state index is 0.0506. The molecular formula is C15H20N2O3. The maximum atomic E-state index is 12.3. The van der Waals surface area contributed by atoms with Crippen molar-refractivity contribution in [2.45, 2.75) is 18.4 Å². The van der Waals surface area contributed by atoms with E-state index in [1.54, 1.807) is 0 Å². The molecule has 5 nitrogen and oxygen atoms in total. The van der Waals surface area contributed by atoms with Crippen molar-refractivity contribution in [2.24, 2.45) is 0 Å². The molecular weight excluding hydrogens is 256 g/mol. The van der Waals surface area contributed by atoms with Crippen LogP contribution in [0.3, 0.4) is 0 Å². The lowest BCUT2D eigenvalue weighted by atomic mass is 9.92. The van der Waals surface area contributed by atoms with Crippen molar-refractivity contribution < 1.29 is 14.3 Å². The summed E-state index contributed by atoms with van der Waals surface area (Å²) in [7, 11) is 0. The number of hydrogen-bond acceptors (Lipinski definition) is 3. The Morgan fingerprint density at radius 3 is 2.65 bits per heavy atom. The number of morpholine rings is 1. The number of hydrogen-bond donors (Lipinski definition) is 1. The van der Waals surface area contributed by atoms with Gasteiger partial charge in [-0.15, -0.1) is 0 Å². The first-order valence-corrected chi connectivity index (χ1v) is 7.10. The van der Waals surface area contributed by atoms with E-state index >= 15 is 0 Å². The summed E-state index contributed by atoms with van der Waals surface area (Å²) in [5.74, 6) is 0. The zero-order valence-electron chi connectivity index (χ0n) is 11.5. The number of rotatable bonds is 1. The van der Waals surface area contributed by atoms with E-state index in [1.165, 1.54) is 0 Å². The predicted molar refractivity (Wildman–Crippen MR) is 75.8 cm³/mol. The minimum Gasteiger partial charge on any atom is -0.381 e. The molecule has 2 saturated heterocycles. The van der Waals surface area contributed by atoms with Crippen molar-refractivity contribution in [3.8, 4) is 0 Å². The second-order valence-corrected chi connectivity index (χ2v) is 5.36. The van der Waals surface area contributed by atoms with Crippen molar-refractivity contribution in [1.29, 1.82) is 0 Å². The molecule has 0 aromatic heterocycles. The van der Waals surface area contributed by atoms with Gasteiger partial charge in [-0.05, 0) is 12.1 Å². The summed E-state index contributed by atoms with van der Waals surface area (Å²) in [6, 6.07) is 9.49. The van der Waals surface area contributed by atoms with E-state index in [9.17, 15) is 4.79 Å². The number of nitrogens with one attached hydrogen (secondary N) is 1. The molecule has 0 unspecified atom stereocenters. The van der Waals surface area contributed by atoms with Crippen LogP contribution >= 0.6 is 0 Å². The van der Waals surface area contributed by atoms with Crippen LogP contribution < -0.4 is 5.32 Å². The first-order chi connectivity index (χ1) is 9.77. The number of nitrogens with zero attached hydrogens (tertiary/aromatic N) is 1. The molecule has 2 aliphatic rings. The van der Waals surface area contributed by atoms with Crippen molar-refractivity contribution in [3.05, 3.63) is 30.3 Å². The maximum absolute atomic E-state index is 12.3. The number of para-hydroxylation sites is 1. The van der Waals surface area contributed by atoms with Crippen LogP contribution in [0, 0.1) is 0 Å². The second kappa shape index (κ2) is 5.81. The Hall–Kier alpha value is -1.59. The van der Waals surface area contributed by atoms with Crippen LogP contribution in [0.15, 0.2) is 30.3 Å². The van der Waals surface area contributed by atoms with Crippen LogP contribution in [-0.2, 0) is 9.47 Å². The molecule has 1 N–H and O–H groups in total. The Labute approximate surface area is 118 Å². The van der Waals surface area contributed by atoms with E-state index in [-0.39, 0.29) is 11.6 Å². The van der Waals surface area contributed by atoms with Gasteiger partial charge in [-0.2, -0.15) is 0 Å². The van der Waals surface area contributed by atoms with E-state index in [2.05, 4.69) is 5.32 Å². The third kappa shape index (κ3) is 2.94. The van der Waals surface area contributed by atoms with Crippen LogP contribution in [-0.4, -0.2) is 49.4 Å². The third-order valence-electron chi connectivity index (χ3n) is 3.96. The summed E-state index contributed by atoms with van der Waals surface area (Å²) in [6.07, 6.45) is 1.73. The molecule has 0 aliphatic carbocycles. The van der Waals surface area contributed by atoms with Crippen molar-refractivity contribution >= 4 is 11.7 Å². The average molecular weight is 276 g/mol. The fraction of sp³-hybridized carbons (Fsp3) is 0.533. The first-order valence-electron chi connectivity index (χ1n) is 7.10. The van der Waals surface area contributed by atoms with Gasteiger partial charge >= 0.3 is 6.03 Å².